The van der Waals surface area contributed by atoms with E-state index >= 15 is 0 Å². The minimum atomic E-state index is -1.36. The average Bonchev–Trinajstić information content (AvgIpc) is 3.10. The second-order valence-corrected chi connectivity index (χ2v) is 8.34. The summed E-state index contributed by atoms with van der Waals surface area (Å²) in [5.74, 6) is -2.75. The first-order valence-electron chi connectivity index (χ1n) is 10.9. The van der Waals surface area contributed by atoms with Crippen molar-refractivity contribution in [3.8, 4) is 0 Å². The van der Waals surface area contributed by atoms with E-state index in [1.165, 1.54) is 32.4 Å². The molecule has 1 aliphatic rings. The van der Waals surface area contributed by atoms with E-state index in [1.807, 2.05) is 36.4 Å². The van der Waals surface area contributed by atoms with Gasteiger partial charge in [-0.25, -0.2) is 14.4 Å². The molecule has 184 valence electrons. The summed E-state index contributed by atoms with van der Waals surface area (Å²) in [7, 11) is 2.35. The normalized spacial score (nSPS) is 17.0. The van der Waals surface area contributed by atoms with Crippen LogP contribution in [0.1, 0.15) is 33.2 Å². The second kappa shape index (κ2) is 9.49. The van der Waals surface area contributed by atoms with E-state index in [1.54, 1.807) is 13.0 Å². The number of hydrogen-bond donors (Lipinski definition) is 2. The number of benzene rings is 3. The SMILES string of the molecule is COC(=O)c1cc(NC(=O)CN2C(=O)N[C@](C)(c3ccc4ccccc4c3)C2=O)cc(C(=O)OC)c1. The molecule has 4 amide bonds. The van der Waals surface area contributed by atoms with Gasteiger partial charge in [0.15, 0.2) is 0 Å². The summed E-state index contributed by atoms with van der Waals surface area (Å²) in [5, 5.41) is 7.08. The Balaban J connectivity index is 1.55. The lowest BCUT2D eigenvalue weighted by atomic mass is 9.90. The average molecular weight is 489 g/mol. The Morgan fingerprint density at radius 1 is 0.889 bits per heavy atom. The third-order valence-corrected chi connectivity index (χ3v) is 5.96. The van der Waals surface area contributed by atoms with Gasteiger partial charge in [-0.15, -0.1) is 0 Å². The summed E-state index contributed by atoms with van der Waals surface area (Å²) in [5.41, 5.74) is -0.669. The molecule has 1 fully saturated rings. The van der Waals surface area contributed by atoms with Crippen molar-refractivity contribution in [1.29, 1.82) is 0 Å². The number of rotatable bonds is 6. The van der Waals surface area contributed by atoms with Crippen LogP contribution in [0.5, 0.6) is 0 Å². The highest BCUT2D eigenvalue weighted by molar-refractivity contribution is 6.10. The van der Waals surface area contributed by atoms with Crippen LogP contribution in [-0.2, 0) is 24.6 Å². The molecule has 0 unspecified atom stereocenters. The van der Waals surface area contributed by atoms with Gasteiger partial charge in [0.2, 0.25) is 5.91 Å². The molecule has 3 aromatic carbocycles. The quantitative estimate of drug-likeness (QED) is 0.402. The van der Waals surface area contributed by atoms with Crippen molar-refractivity contribution in [2.75, 3.05) is 26.1 Å². The number of imide groups is 1. The maximum absolute atomic E-state index is 13.3. The number of methoxy groups -OCH3 is 2. The van der Waals surface area contributed by atoms with Gasteiger partial charge in [-0.3, -0.25) is 14.5 Å². The first kappa shape index (κ1) is 24.4. The van der Waals surface area contributed by atoms with E-state index in [9.17, 15) is 24.0 Å². The van der Waals surface area contributed by atoms with Crippen LogP contribution in [-0.4, -0.2) is 55.4 Å². The molecule has 2 N–H and O–H groups in total. The van der Waals surface area contributed by atoms with Gasteiger partial charge >= 0.3 is 18.0 Å². The number of anilines is 1. The monoisotopic (exact) mass is 489 g/mol. The molecular weight excluding hydrogens is 466 g/mol. The lowest BCUT2D eigenvalue weighted by molar-refractivity contribution is -0.133. The molecule has 0 spiro atoms. The Morgan fingerprint density at radius 3 is 2.11 bits per heavy atom. The second-order valence-electron chi connectivity index (χ2n) is 8.34. The number of nitrogens with zero attached hydrogens (tertiary/aromatic N) is 1. The van der Waals surface area contributed by atoms with Crippen molar-refractivity contribution in [3.63, 3.8) is 0 Å². The summed E-state index contributed by atoms with van der Waals surface area (Å²) < 4.78 is 9.36. The number of urea groups is 1. The first-order valence-corrected chi connectivity index (χ1v) is 10.9. The van der Waals surface area contributed by atoms with Crippen molar-refractivity contribution >= 4 is 46.2 Å². The van der Waals surface area contributed by atoms with E-state index in [0.717, 1.165) is 15.7 Å². The number of hydrogen-bond acceptors (Lipinski definition) is 7. The Hall–Kier alpha value is -4.73. The predicted molar refractivity (Wildman–Crippen MR) is 129 cm³/mol. The van der Waals surface area contributed by atoms with Crippen molar-refractivity contribution in [2.24, 2.45) is 0 Å². The fraction of sp³-hybridized carbons (Fsp3) is 0.192. The highest BCUT2D eigenvalue weighted by atomic mass is 16.5. The van der Waals surface area contributed by atoms with Gasteiger partial charge in [-0.05, 0) is 47.5 Å². The Morgan fingerprint density at radius 2 is 1.50 bits per heavy atom. The van der Waals surface area contributed by atoms with Gasteiger partial charge in [0.25, 0.3) is 5.91 Å². The van der Waals surface area contributed by atoms with Gasteiger partial charge in [-0.1, -0.05) is 36.4 Å². The first-order chi connectivity index (χ1) is 17.2. The Kier molecular flexibility index (Phi) is 6.43. The van der Waals surface area contributed by atoms with Crippen LogP contribution in [0.4, 0.5) is 10.5 Å². The number of ether oxygens (including phenoxy) is 2. The molecule has 0 saturated carbocycles. The van der Waals surface area contributed by atoms with Crippen LogP contribution in [0.15, 0.2) is 60.7 Å². The molecule has 1 saturated heterocycles. The van der Waals surface area contributed by atoms with E-state index in [0.29, 0.717) is 5.56 Å². The Bertz CT molecular complexity index is 1380. The van der Waals surface area contributed by atoms with Gasteiger partial charge in [0.1, 0.15) is 12.1 Å². The number of carbonyl (C=O) groups is 5. The van der Waals surface area contributed by atoms with Crippen LogP contribution < -0.4 is 10.6 Å². The standard InChI is InChI=1S/C26H23N3O7/c1-26(19-9-8-15-6-4-5-7-16(15)11-19)24(33)29(25(34)28-26)14-21(30)27-20-12-17(22(31)35-2)10-18(13-20)23(32)36-3/h4-13H,14H2,1-3H3,(H,27,30)(H,28,34)/t26-/m1/s1. The predicted octanol–water partition coefficient (Wildman–Crippen LogP) is 2.82. The topological polar surface area (TPSA) is 131 Å². The van der Waals surface area contributed by atoms with Crippen LogP contribution in [0, 0.1) is 0 Å². The number of nitrogens with one attached hydrogen (secondary N) is 2. The van der Waals surface area contributed by atoms with Crippen LogP contribution in [0.3, 0.4) is 0 Å². The third-order valence-electron chi connectivity index (χ3n) is 5.96. The summed E-state index contributed by atoms with van der Waals surface area (Å²) in [6, 6.07) is 16.2. The highest BCUT2D eigenvalue weighted by Gasteiger charge is 2.49. The number of fused-ring (bicyclic) bond motifs is 1. The van der Waals surface area contributed by atoms with Gasteiger partial charge < -0.3 is 20.1 Å². The zero-order chi connectivity index (χ0) is 26.0. The molecule has 4 rings (SSSR count). The van der Waals surface area contributed by atoms with Crippen molar-refractivity contribution in [3.05, 3.63) is 77.4 Å². The van der Waals surface area contributed by atoms with E-state index in [-0.39, 0.29) is 16.8 Å². The number of amides is 4. The molecule has 0 radical (unpaired) electrons. The minimum absolute atomic E-state index is 0.00886. The molecule has 3 aromatic rings. The van der Waals surface area contributed by atoms with Crippen molar-refractivity contribution < 1.29 is 33.4 Å². The van der Waals surface area contributed by atoms with E-state index < -0.39 is 41.9 Å². The highest BCUT2D eigenvalue weighted by Crippen LogP contribution is 2.31. The van der Waals surface area contributed by atoms with Gasteiger partial charge in [-0.2, -0.15) is 0 Å². The van der Waals surface area contributed by atoms with Crippen LogP contribution in [0.2, 0.25) is 0 Å². The molecule has 10 nitrogen and oxygen atoms in total. The smallest absolute Gasteiger partial charge is 0.337 e. The zero-order valence-corrected chi connectivity index (χ0v) is 19.8. The lowest BCUT2D eigenvalue weighted by Gasteiger charge is -2.22. The van der Waals surface area contributed by atoms with Crippen LogP contribution in [0.25, 0.3) is 10.8 Å². The molecule has 1 aliphatic heterocycles. The fourth-order valence-corrected chi connectivity index (χ4v) is 4.05. The van der Waals surface area contributed by atoms with E-state index in [2.05, 4.69) is 20.1 Å². The molecule has 10 heteroatoms. The molecule has 36 heavy (non-hydrogen) atoms. The zero-order valence-electron chi connectivity index (χ0n) is 19.8. The summed E-state index contributed by atoms with van der Waals surface area (Å²) in [6.07, 6.45) is 0. The van der Waals surface area contributed by atoms with Gasteiger partial charge in [0, 0.05) is 5.69 Å². The maximum Gasteiger partial charge on any atom is 0.337 e. The minimum Gasteiger partial charge on any atom is -0.465 e. The lowest BCUT2D eigenvalue weighted by Crippen LogP contribution is -2.42. The largest absolute Gasteiger partial charge is 0.465 e. The molecule has 0 aliphatic carbocycles. The molecule has 0 bridgehead atoms. The number of esters is 2. The summed E-state index contributed by atoms with van der Waals surface area (Å²) >= 11 is 0. The molecule has 0 aromatic heterocycles. The number of carbonyl (C=O) groups excluding carboxylic acids is 5. The molecular formula is C26H23N3O7. The maximum atomic E-state index is 13.3. The Labute approximate surface area is 206 Å². The molecule has 1 heterocycles. The van der Waals surface area contributed by atoms with E-state index in [4.69, 9.17) is 0 Å². The summed E-state index contributed by atoms with van der Waals surface area (Å²) in [6.45, 7) is 1.00. The summed E-state index contributed by atoms with van der Waals surface area (Å²) in [4.78, 5) is 63.5. The third kappa shape index (κ3) is 4.48. The van der Waals surface area contributed by atoms with Crippen molar-refractivity contribution in [2.45, 2.75) is 12.5 Å². The van der Waals surface area contributed by atoms with Gasteiger partial charge in [0.05, 0.1) is 25.3 Å². The van der Waals surface area contributed by atoms with Crippen LogP contribution >= 0.6 is 0 Å². The molecule has 1 atom stereocenters. The fourth-order valence-electron chi connectivity index (χ4n) is 4.05. The van der Waals surface area contributed by atoms with Crippen molar-refractivity contribution in [1.82, 2.24) is 10.2 Å².